The van der Waals surface area contributed by atoms with Gasteiger partial charge in [-0.2, -0.15) is 0 Å². The van der Waals surface area contributed by atoms with Crippen LogP contribution in [-0.2, 0) is 22.4 Å². The Morgan fingerprint density at radius 2 is 2.15 bits per heavy atom. The molecule has 1 atom stereocenters. The number of fused-ring (bicyclic) bond motifs is 1. The van der Waals surface area contributed by atoms with Gasteiger partial charge >= 0.3 is 0 Å². The van der Waals surface area contributed by atoms with Crippen molar-refractivity contribution in [2.24, 2.45) is 0 Å². The molecule has 0 radical (unpaired) electrons. The SMILES string of the molecule is CC1(OCC(=O)NC2CCc3ccccc3C2)CNC1. The van der Waals surface area contributed by atoms with Gasteiger partial charge in [0.2, 0.25) is 5.91 Å². The van der Waals surface area contributed by atoms with E-state index in [0.29, 0.717) is 0 Å². The van der Waals surface area contributed by atoms with E-state index in [0.717, 1.165) is 32.4 Å². The van der Waals surface area contributed by atoms with Crippen molar-refractivity contribution >= 4 is 5.91 Å². The van der Waals surface area contributed by atoms with Crippen LogP contribution in [0.3, 0.4) is 0 Å². The van der Waals surface area contributed by atoms with Crippen molar-refractivity contribution in [2.45, 2.75) is 37.8 Å². The zero-order valence-electron chi connectivity index (χ0n) is 11.9. The molecule has 3 rings (SSSR count). The topological polar surface area (TPSA) is 50.4 Å². The average molecular weight is 274 g/mol. The van der Waals surface area contributed by atoms with Gasteiger partial charge in [0.1, 0.15) is 6.61 Å². The van der Waals surface area contributed by atoms with Crippen LogP contribution in [0.5, 0.6) is 0 Å². The molecule has 1 amide bonds. The van der Waals surface area contributed by atoms with Gasteiger partial charge in [0.25, 0.3) is 0 Å². The molecule has 108 valence electrons. The van der Waals surface area contributed by atoms with E-state index in [1.165, 1.54) is 11.1 Å². The van der Waals surface area contributed by atoms with Gasteiger partial charge < -0.3 is 15.4 Å². The van der Waals surface area contributed by atoms with Gasteiger partial charge in [-0.15, -0.1) is 0 Å². The maximum Gasteiger partial charge on any atom is 0.246 e. The average Bonchev–Trinajstić information content (AvgIpc) is 2.43. The highest BCUT2D eigenvalue weighted by Gasteiger charge is 2.33. The number of hydrogen-bond acceptors (Lipinski definition) is 3. The van der Waals surface area contributed by atoms with E-state index >= 15 is 0 Å². The highest BCUT2D eigenvalue weighted by atomic mass is 16.5. The number of carbonyl (C=O) groups is 1. The zero-order valence-corrected chi connectivity index (χ0v) is 11.9. The summed E-state index contributed by atoms with van der Waals surface area (Å²) in [7, 11) is 0. The van der Waals surface area contributed by atoms with Crippen molar-refractivity contribution < 1.29 is 9.53 Å². The quantitative estimate of drug-likeness (QED) is 0.862. The largest absolute Gasteiger partial charge is 0.363 e. The van der Waals surface area contributed by atoms with Gasteiger partial charge in [0, 0.05) is 19.1 Å². The van der Waals surface area contributed by atoms with Crippen LogP contribution in [0.1, 0.15) is 24.5 Å². The molecule has 2 aliphatic rings. The lowest BCUT2D eigenvalue weighted by Gasteiger charge is -2.39. The number of amides is 1. The Hall–Kier alpha value is -1.39. The summed E-state index contributed by atoms with van der Waals surface area (Å²) in [6.07, 6.45) is 2.99. The Kier molecular flexibility index (Phi) is 3.76. The van der Waals surface area contributed by atoms with Crippen LogP contribution in [0.4, 0.5) is 0 Å². The molecule has 0 saturated carbocycles. The Labute approximate surface area is 119 Å². The van der Waals surface area contributed by atoms with Gasteiger partial charge in [-0.05, 0) is 37.3 Å². The Morgan fingerprint density at radius 3 is 2.85 bits per heavy atom. The standard InChI is InChI=1S/C16H22N2O2/c1-16(10-17-11-16)20-9-15(19)18-14-7-6-12-4-2-3-5-13(12)8-14/h2-5,14,17H,6-11H2,1H3,(H,18,19). The zero-order chi connectivity index (χ0) is 14.0. The van der Waals surface area contributed by atoms with Crippen molar-refractivity contribution in [1.82, 2.24) is 10.6 Å². The third kappa shape index (κ3) is 3.02. The second-order valence-corrected chi connectivity index (χ2v) is 6.12. The minimum atomic E-state index is -0.156. The molecule has 1 aromatic rings. The van der Waals surface area contributed by atoms with Crippen molar-refractivity contribution in [2.75, 3.05) is 19.7 Å². The first-order chi connectivity index (χ1) is 9.65. The lowest BCUT2D eigenvalue weighted by molar-refractivity contribution is -0.136. The van der Waals surface area contributed by atoms with Gasteiger partial charge in [0.15, 0.2) is 0 Å². The smallest absolute Gasteiger partial charge is 0.246 e. The van der Waals surface area contributed by atoms with Crippen LogP contribution >= 0.6 is 0 Å². The number of nitrogens with one attached hydrogen (secondary N) is 2. The van der Waals surface area contributed by atoms with Crippen LogP contribution < -0.4 is 10.6 Å². The van der Waals surface area contributed by atoms with E-state index in [1.807, 2.05) is 6.92 Å². The number of hydrogen-bond donors (Lipinski definition) is 2. The van der Waals surface area contributed by atoms with Gasteiger partial charge in [0.05, 0.1) is 5.60 Å². The van der Waals surface area contributed by atoms with Gasteiger partial charge in [-0.3, -0.25) is 4.79 Å². The summed E-state index contributed by atoms with van der Waals surface area (Å²) in [4.78, 5) is 12.0. The third-order valence-corrected chi connectivity index (χ3v) is 4.26. The van der Waals surface area contributed by atoms with Crippen molar-refractivity contribution in [3.05, 3.63) is 35.4 Å². The van der Waals surface area contributed by atoms with Gasteiger partial charge in [-0.25, -0.2) is 0 Å². The fourth-order valence-corrected chi connectivity index (χ4v) is 2.91. The monoisotopic (exact) mass is 274 g/mol. The molecule has 0 spiro atoms. The molecular weight excluding hydrogens is 252 g/mol. The number of aryl methyl sites for hydroxylation is 1. The normalized spacial score (nSPS) is 23.6. The van der Waals surface area contributed by atoms with Crippen LogP contribution in [-0.4, -0.2) is 37.2 Å². The first-order valence-corrected chi connectivity index (χ1v) is 7.35. The molecular formula is C16H22N2O2. The van der Waals surface area contributed by atoms with Crippen LogP contribution in [0.15, 0.2) is 24.3 Å². The molecule has 4 nitrogen and oxygen atoms in total. The maximum absolute atomic E-state index is 12.0. The van der Waals surface area contributed by atoms with E-state index in [4.69, 9.17) is 4.74 Å². The van der Waals surface area contributed by atoms with Crippen molar-refractivity contribution in [1.29, 1.82) is 0 Å². The minimum Gasteiger partial charge on any atom is -0.363 e. The van der Waals surface area contributed by atoms with Crippen LogP contribution in [0, 0.1) is 0 Å². The molecule has 4 heteroatoms. The van der Waals surface area contributed by atoms with Gasteiger partial charge in [-0.1, -0.05) is 24.3 Å². The molecule has 1 heterocycles. The van der Waals surface area contributed by atoms with E-state index in [1.54, 1.807) is 0 Å². The van der Waals surface area contributed by atoms with Crippen LogP contribution in [0.25, 0.3) is 0 Å². The molecule has 1 aliphatic carbocycles. The highest BCUT2D eigenvalue weighted by molar-refractivity contribution is 5.77. The lowest BCUT2D eigenvalue weighted by Crippen LogP contribution is -2.59. The molecule has 2 N–H and O–H groups in total. The summed E-state index contributed by atoms with van der Waals surface area (Å²) in [5.74, 6) is 0.00232. The molecule has 1 unspecified atom stereocenters. The fraction of sp³-hybridized carbons (Fsp3) is 0.562. The summed E-state index contributed by atoms with van der Waals surface area (Å²) < 4.78 is 5.66. The Balaban J connectivity index is 1.48. The number of ether oxygens (including phenoxy) is 1. The lowest BCUT2D eigenvalue weighted by atomic mass is 9.88. The fourth-order valence-electron chi connectivity index (χ4n) is 2.91. The molecule has 0 aromatic heterocycles. The summed E-state index contributed by atoms with van der Waals surface area (Å²) in [5, 5.41) is 6.26. The second-order valence-electron chi connectivity index (χ2n) is 6.12. The number of rotatable bonds is 4. The summed E-state index contributed by atoms with van der Waals surface area (Å²) >= 11 is 0. The molecule has 1 aromatic carbocycles. The molecule has 20 heavy (non-hydrogen) atoms. The molecule has 1 aliphatic heterocycles. The Bertz CT molecular complexity index is 497. The van der Waals surface area contributed by atoms with E-state index in [9.17, 15) is 4.79 Å². The predicted octanol–water partition coefficient (Wildman–Crippen LogP) is 1.04. The van der Waals surface area contributed by atoms with E-state index in [2.05, 4.69) is 34.9 Å². The minimum absolute atomic E-state index is 0.00232. The highest BCUT2D eigenvalue weighted by Crippen LogP contribution is 2.21. The molecule has 0 bridgehead atoms. The van der Waals surface area contributed by atoms with Crippen LogP contribution in [0.2, 0.25) is 0 Å². The van der Waals surface area contributed by atoms with Crippen molar-refractivity contribution in [3.63, 3.8) is 0 Å². The summed E-state index contributed by atoms with van der Waals surface area (Å²) in [5.41, 5.74) is 2.62. The first kappa shape index (κ1) is 13.6. The number of carbonyl (C=O) groups excluding carboxylic acids is 1. The Morgan fingerprint density at radius 1 is 1.40 bits per heavy atom. The van der Waals surface area contributed by atoms with Crippen molar-refractivity contribution in [3.8, 4) is 0 Å². The first-order valence-electron chi connectivity index (χ1n) is 7.35. The summed E-state index contributed by atoms with van der Waals surface area (Å²) in [6.45, 7) is 3.86. The van der Waals surface area contributed by atoms with E-state index in [-0.39, 0.29) is 24.2 Å². The molecule has 1 fully saturated rings. The third-order valence-electron chi connectivity index (χ3n) is 4.26. The predicted molar refractivity (Wildman–Crippen MR) is 77.6 cm³/mol. The number of benzene rings is 1. The molecule has 1 saturated heterocycles. The maximum atomic E-state index is 12.0. The summed E-state index contributed by atoms with van der Waals surface area (Å²) in [6, 6.07) is 8.73. The van der Waals surface area contributed by atoms with E-state index < -0.39 is 0 Å². The second kappa shape index (κ2) is 5.54.